The van der Waals surface area contributed by atoms with Gasteiger partial charge < -0.3 is 11.1 Å². The fraction of sp³-hybridized carbons (Fsp3) is 0.533. The Kier molecular flexibility index (Phi) is 6.46. The van der Waals surface area contributed by atoms with Gasteiger partial charge in [0.25, 0.3) is 0 Å². The van der Waals surface area contributed by atoms with Crippen molar-refractivity contribution in [3.63, 3.8) is 0 Å². The summed E-state index contributed by atoms with van der Waals surface area (Å²) in [5.41, 5.74) is 8.08. The average Bonchev–Trinajstić information content (AvgIpc) is 2.80. The Morgan fingerprint density at radius 2 is 2.10 bits per heavy atom. The molecule has 20 heavy (non-hydrogen) atoms. The highest BCUT2D eigenvalue weighted by atomic mass is 35.5. The molecule has 0 bridgehead atoms. The zero-order valence-electron chi connectivity index (χ0n) is 12.1. The molecule has 0 saturated carbocycles. The van der Waals surface area contributed by atoms with Crippen molar-refractivity contribution in [2.75, 3.05) is 18.4 Å². The summed E-state index contributed by atoms with van der Waals surface area (Å²) in [6, 6.07) is 8.34. The second kappa shape index (κ2) is 7.62. The Morgan fingerprint density at radius 3 is 2.60 bits per heavy atom. The van der Waals surface area contributed by atoms with E-state index in [9.17, 15) is 4.79 Å². The van der Waals surface area contributed by atoms with Crippen LogP contribution in [0.2, 0.25) is 0 Å². The summed E-state index contributed by atoms with van der Waals surface area (Å²) in [6.07, 6.45) is 1.20. The lowest BCUT2D eigenvalue weighted by atomic mass is 10.0. The Bertz CT molecular complexity index is 433. The molecule has 1 aromatic carbocycles. The van der Waals surface area contributed by atoms with Crippen molar-refractivity contribution in [2.45, 2.75) is 32.9 Å². The summed E-state index contributed by atoms with van der Waals surface area (Å²) in [5.74, 6) is 0.589. The van der Waals surface area contributed by atoms with E-state index in [0.29, 0.717) is 5.92 Å². The predicted octanol–water partition coefficient (Wildman–Crippen LogP) is 2.24. The van der Waals surface area contributed by atoms with E-state index >= 15 is 0 Å². The van der Waals surface area contributed by atoms with E-state index in [-0.39, 0.29) is 24.4 Å². The summed E-state index contributed by atoms with van der Waals surface area (Å²) in [6.45, 7) is 6.79. The maximum Gasteiger partial charge on any atom is 0.221 e. The van der Waals surface area contributed by atoms with Crippen LogP contribution in [0.4, 0.5) is 5.69 Å². The zero-order valence-corrected chi connectivity index (χ0v) is 13.0. The van der Waals surface area contributed by atoms with Crippen LogP contribution >= 0.6 is 12.4 Å². The first-order valence-electron chi connectivity index (χ1n) is 6.89. The normalized spacial score (nSPS) is 20.2. The van der Waals surface area contributed by atoms with Gasteiger partial charge in [0.15, 0.2) is 0 Å². The zero-order chi connectivity index (χ0) is 13.8. The number of hydrogen-bond acceptors (Lipinski definition) is 3. The quantitative estimate of drug-likeness (QED) is 0.896. The van der Waals surface area contributed by atoms with Crippen LogP contribution in [-0.2, 0) is 11.3 Å². The molecule has 1 aliphatic heterocycles. The minimum atomic E-state index is -0.0351. The predicted molar refractivity (Wildman–Crippen MR) is 85.0 cm³/mol. The highest BCUT2D eigenvalue weighted by molar-refractivity contribution is 5.88. The first kappa shape index (κ1) is 17.0. The van der Waals surface area contributed by atoms with Crippen LogP contribution < -0.4 is 11.1 Å². The van der Waals surface area contributed by atoms with E-state index in [4.69, 9.17) is 5.73 Å². The van der Waals surface area contributed by atoms with Crippen molar-refractivity contribution >= 4 is 24.0 Å². The van der Waals surface area contributed by atoms with E-state index in [0.717, 1.165) is 25.3 Å². The molecule has 1 heterocycles. The SMILES string of the molecule is CC(=O)Nc1ccc(CN2CCC(C(C)N)C2)cc1.Cl. The van der Waals surface area contributed by atoms with Crippen LogP contribution in [0.15, 0.2) is 24.3 Å². The van der Waals surface area contributed by atoms with Crippen molar-refractivity contribution in [1.29, 1.82) is 0 Å². The monoisotopic (exact) mass is 297 g/mol. The fourth-order valence-electron chi connectivity index (χ4n) is 2.59. The smallest absolute Gasteiger partial charge is 0.221 e. The molecule has 0 radical (unpaired) electrons. The molecule has 1 amide bonds. The largest absolute Gasteiger partial charge is 0.328 e. The lowest BCUT2D eigenvalue weighted by molar-refractivity contribution is -0.114. The number of anilines is 1. The Labute approximate surface area is 127 Å². The first-order chi connectivity index (χ1) is 9.04. The number of carbonyl (C=O) groups is 1. The van der Waals surface area contributed by atoms with Crippen LogP contribution in [0, 0.1) is 5.92 Å². The molecule has 2 unspecified atom stereocenters. The number of rotatable bonds is 4. The Morgan fingerprint density at radius 1 is 1.45 bits per heavy atom. The second-order valence-electron chi connectivity index (χ2n) is 5.52. The van der Waals surface area contributed by atoms with E-state index in [1.54, 1.807) is 0 Å². The summed E-state index contributed by atoms with van der Waals surface area (Å²) >= 11 is 0. The molecule has 1 saturated heterocycles. The van der Waals surface area contributed by atoms with Crippen molar-refractivity contribution in [1.82, 2.24) is 4.90 Å². The van der Waals surface area contributed by atoms with Crippen molar-refractivity contribution in [3.05, 3.63) is 29.8 Å². The third kappa shape index (κ3) is 4.78. The van der Waals surface area contributed by atoms with Gasteiger partial charge in [0.05, 0.1) is 0 Å². The van der Waals surface area contributed by atoms with Gasteiger partial charge in [0.1, 0.15) is 0 Å². The number of benzene rings is 1. The lowest BCUT2D eigenvalue weighted by Gasteiger charge is -2.18. The van der Waals surface area contributed by atoms with Gasteiger partial charge in [-0.1, -0.05) is 12.1 Å². The molecule has 0 aromatic heterocycles. The molecule has 112 valence electrons. The van der Waals surface area contributed by atoms with Crippen LogP contribution in [-0.4, -0.2) is 29.9 Å². The number of halogens is 1. The topological polar surface area (TPSA) is 58.4 Å². The molecule has 5 heteroatoms. The number of nitrogens with zero attached hydrogens (tertiary/aromatic N) is 1. The summed E-state index contributed by atoms with van der Waals surface area (Å²) in [5, 5.41) is 2.78. The molecule has 2 atom stereocenters. The third-order valence-corrected chi connectivity index (χ3v) is 3.73. The second-order valence-corrected chi connectivity index (χ2v) is 5.52. The molecular weight excluding hydrogens is 274 g/mol. The number of carbonyl (C=O) groups excluding carboxylic acids is 1. The number of nitrogens with one attached hydrogen (secondary N) is 1. The third-order valence-electron chi connectivity index (χ3n) is 3.73. The van der Waals surface area contributed by atoms with Gasteiger partial charge in [-0.15, -0.1) is 12.4 Å². The van der Waals surface area contributed by atoms with Gasteiger partial charge in [0.2, 0.25) is 5.91 Å². The maximum absolute atomic E-state index is 10.9. The number of nitrogens with two attached hydrogens (primary N) is 1. The first-order valence-corrected chi connectivity index (χ1v) is 6.89. The maximum atomic E-state index is 10.9. The van der Waals surface area contributed by atoms with Gasteiger partial charge in [-0.05, 0) is 43.5 Å². The molecular formula is C15H24ClN3O. The summed E-state index contributed by atoms with van der Waals surface area (Å²) < 4.78 is 0. The Balaban J connectivity index is 0.00000200. The Hall–Kier alpha value is -1.10. The lowest BCUT2D eigenvalue weighted by Crippen LogP contribution is -2.29. The number of amides is 1. The summed E-state index contributed by atoms with van der Waals surface area (Å²) in [7, 11) is 0. The van der Waals surface area contributed by atoms with Crippen LogP contribution in [0.25, 0.3) is 0 Å². The highest BCUT2D eigenvalue weighted by Gasteiger charge is 2.24. The van der Waals surface area contributed by atoms with Gasteiger partial charge in [-0.2, -0.15) is 0 Å². The van der Waals surface area contributed by atoms with E-state index in [2.05, 4.69) is 29.3 Å². The molecule has 1 fully saturated rings. The van der Waals surface area contributed by atoms with Crippen molar-refractivity contribution in [3.8, 4) is 0 Å². The van der Waals surface area contributed by atoms with Gasteiger partial charge >= 0.3 is 0 Å². The fourth-order valence-corrected chi connectivity index (χ4v) is 2.59. The number of hydrogen-bond donors (Lipinski definition) is 2. The van der Waals surface area contributed by atoms with E-state index in [1.807, 2.05) is 12.1 Å². The molecule has 2 rings (SSSR count). The summed E-state index contributed by atoms with van der Waals surface area (Å²) in [4.78, 5) is 13.4. The standard InChI is InChI=1S/C15H23N3O.ClH/c1-11(16)14-7-8-18(10-14)9-13-3-5-15(6-4-13)17-12(2)19;/h3-6,11,14H,7-10,16H2,1-2H3,(H,17,19);1H. The molecule has 0 aliphatic carbocycles. The molecule has 0 spiro atoms. The minimum Gasteiger partial charge on any atom is -0.328 e. The minimum absolute atomic E-state index is 0. The average molecular weight is 298 g/mol. The molecule has 1 aromatic rings. The van der Waals surface area contributed by atoms with Crippen LogP contribution in [0.3, 0.4) is 0 Å². The van der Waals surface area contributed by atoms with E-state index < -0.39 is 0 Å². The van der Waals surface area contributed by atoms with Crippen LogP contribution in [0.5, 0.6) is 0 Å². The molecule has 4 nitrogen and oxygen atoms in total. The van der Waals surface area contributed by atoms with E-state index in [1.165, 1.54) is 18.9 Å². The number of likely N-dealkylation sites (tertiary alicyclic amines) is 1. The van der Waals surface area contributed by atoms with Gasteiger partial charge in [-0.25, -0.2) is 0 Å². The van der Waals surface area contributed by atoms with Gasteiger partial charge in [0, 0.05) is 31.7 Å². The molecule has 3 N–H and O–H groups in total. The van der Waals surface area contributed by atoms with Crippen molar-refractivity contribution < 1.29 is 4.79 Å². The highest BCUT2D eigenvalue weighted by Crippen LogP contribution is 2.21. The van der Waals surface area contributed by atoms with Crippen molar-refractivity contribution in [2.24, 2.45) is 11.7 Å². The van der Waals surface area contributed by atoms with Gasteiger partial charge in [-0.3, -0.25) is 9.69 Å². The molecule has 1 aliphatic rings. The van der Waals surface area contributed by atoms with Crippen LogP contribution in [0.1, 0.15) is 25.8 Å².